The third-order valence-corrected chi connectivity index (χ3v) is 1.73. The summed E-state index contributed by atoms with van der Waals surface area (Å²) in [5, 5.41) is 0. The summed E-state index contributed by atoms with van der Waals surface area (Å²) in [6.45, 7) is 1.91. The lowest BCUT2D eigenvalue weighted by molar-refractivity contribution is 0.565. The average Bonchev–Trinajstić information content (AvgIpc) is 2.44. The fraction of sp³-hybridized carbons (Fsp3) is 0.111. The smallest absolute Gasteiger partial charge is 0.240 e. The van der Waals surface area contributed by atoms with Gasteiger partial charge in [-0.1, -0.05) is 0 Å². The number of aryl methyl sites for hydroxylation is 1. The van der Waals surface area contributed by atoms with E-state index in [1.54, 1.807) is 12.3 Å². The zero-order chi connectivity index (χ0) is 9.26. The van der Waals surface area contributed by atoms with E-state index in [9.17, 15) is 4.79 Å². The van der Waals surface area contributed by atoms with E-state index in [2.05, 4.69) is 9.98 Å². The van der Waals surface area contributed by atoms with Gasteiger partial charge in [0.05, 0.1) is 11.4 Å². The molecule has 0 saturated heterocycles. The quantitative estimate of drug-likeness (QED) is 0.485. The van der Waals surface area contributed by atoms with E-state index in [4.69, 9.17) is 0 Å². The minimum absolute atomic E-state index is 0.583. The summed E-state index contributed by atoms with van der Waals surface area (Å²) in [6.07, 6.45) is 5.11. The zero-order valence-corrected chi connectivity index (χ0v) is 7.06. The van der Waals surface area contributed by atoms with Crippen molar-refractivity contribution in [3.8, 4) is 0 Å². The van der Waals surface area contributed by atoms with Crippen LogP contribution in [0.3, 0.4) is 0 Å². The van der Waals surface area contributed by atoms with Gasteiger partial charge >= 0.3 is 0 Å². The predicted molar refractivity (Wildman–Crippen MR) is 47.7 cm³/mol. The fourth-order valence-electron chi connectivity index (χ4n) is 1.23. The van der Waals surface area contributed by atoms with Crippen LogP contribution in [0.25, 0.3) is 5.65 Å². The van der Waals surface area contributed by atoms with Gasteiger partial charge in [0.1, 0.15) is 5.65 Å². The van der Waals surface area contributed by atoms with E-state index in [0.717, 1.165) is 11.3 Å². The summed E-state index contributed by atoms with van der Waals surface area (Å²) in [7, 11) is 0. The van der Waals surface area contributed by atoms with Crippen molar-refractivity contribution in [3.05, 3.63) is 30.2 Å². The van der Waals surface area contributed by atoms with Crippen LogP contribution in [0.1, 0.15) is 5.69 Å². The lowest BCUT2D eigenvalue weighted by Gasteiger charge is -1.92. The summed E-state index contributed by atoms with van der Waals surface area (Å²) in [5.41, 5.74) is 2.37. The molecule has 0 aromatic carbocycles. The Balaban J connectivity index is 2.67. The van der Waals surface area contributed by atoms with Crippen LogP contribution in [-0.4, -0.2) is 15.5 Å². The summed E-state index contributed by atoms with van der Waals surface area (Å²) in [4.78, 5) is 17.7. The molecule has 0 spiro atoms. The van der Waals surface area contributed by atoms with Gasteiger partial charge in [-0.3, -0.25) is 0 Å². The van der Waals surface area contributed by atoms with E-state index in [-0.39, 0.29) is 0 Å². The summed E-state index contributed by atoms with van der Waals surface area (Å²) >= 11 is 0. The van der Waals surface area contributed by atoms with E-state index >= 15 is 0 Å². The molecule has 4 heteroatoms. The lowest BCUT2D eigenvalue weighted by Crippen LogP contribution is -1.80. The number of isocyanates is 1. The highest BCUT2D eigenvalue weighted by Crippen LogP contribution is 2.13. The van der Waals surface area contributed by atoms with Gasteiger partial charge in [-0.15, -0.1) is 0 Å². The van der Waals surface area contributed by atoms with Crippen LogP contribution in [0.5, 0.6) is 0 Å². The molecule has 64 valence electrons. The summed E-state index contributed by atoms with van der Waals surface area (Å²) in [5.74, 6) is 0. The van der Waals surface area contributed by atoms with E-state index < -0.39 is 0 Å². The number of carbonyl (C=O) groups excluding carboxylic acids is 1. The number of nitrogens with zero attached hydrogens (tertiary/aromatic N) is 3. The first-order valence-corrected chi connectivity index (χ1v) is 3.83. The second kappa shape index (κ2) is 2.84. The zero-order valence-electron chi connectivity index (χ0n) is 7.06. The van der Waals surface area contributed by atoms with Crippen molar-refractivity contribution >= 4 is 17.4 Å². The summed E-state index contributed by atoms with van der Waals surface area (Å²) in [6, 6.07) is 3.54. The van der Waals surface area contributed by atoms with Gasteiger partial charge in [0.2, 0.25) is 6.08 Å². The molecule has 0 unspecified atom stereocenters. The Kier molecular flexibility index (Phi) is 1.69. The number of imidazole rings is 1. The molecular weight excluding hydrogens is 166 g/mol. The Morgan fingerprint density at radius 3 is 3.08 bits per heavy atom. The van der Waals surface area contributed by atoms with E-state index in [0.29, 0.717) is 5.69 Å². The van der Waals surface area contributed by atoms with E-state index in [1.807, 2.05) is 23.6 Å². The van der Waals surface area contributed by atoms with Gasteiger partial charge in [-0.25, -0.2) is 9.78 Å². The second-order valence-electron chi connectivity index (χ2n) is 2.74. The van der Waals surface area contributed by atoms with Crippen molar-refractivity contribution in [2.24, 2.45) is 4.99 Å². The molecule has 4 nitrogen and oxygen atoms in total. The number of rotatable bonds is 1. The molecule has 2 heterocycles. The second-order valence-corrected chi connectivity index (χ2v) is 2.74. The molecule has 13 heavy (non-hydrogen) atoms. The van der Waals surface area contributed by atoms with Crippen LogP contribution in [0, 0.1) is 6.92 Å². The normalized spacial score (nSPS) is 9.92. The Labute approximate surface area is 74.6 Å². The molecule has 0 fully saturated rings. The largest absolute Gasteiger partial charge is 0.305 e. The number of fused-ring (bicyclic) bond motifs is 1. The minimum atomic E-state index is 0.583. The predicted octanol–water partition coefficient (Wildman–Crippen LogP) is 1.61. The van der Waals surface area contributed by atoms with Gasteiger partial charge in [-0.2, -0.15) is 4.99 Å². The maximum absolute atomic E-state index is 10.00. The highest BCUT2D eigenvalue weighted by Gasteiger charge is 1.97. The third kappa shape index (κ3) is 1.35. The van der Waals surface area contributed by atoms with Crippen LogP contribution in [0.15, 0.2) is 29.5 Å². The van der Waals surface area contributed by atoms with Crippen LogP contribution in [0.2, 0.25) is 0 Å². The van der Waals surface area contributed by atoms with Crippen molar-refractivity contribution in [3.63, 3.8) is 0 Å². The Morgan fingerprint density at radius 2 is 2.31 bits per heavy atom. The van der Waals surface area contributed by atoms with Gasteiger partial charge in [-0.05, 0) is 19.1 Å². The number of aromatic nitrogens is 2. The third-order valence-electron chi connectivity index (χ3n) is 1.73. The molecule has 2 aromatic rings. The lowest BCUT2D eigenvalue weighted by atomic mass is 10.4. The minimum Gasteiger partial charge on any atom is -0.305 e. The number of hydrogen-bond donors (Lipinski definition) is 0. The molecule has 0 atom stereocenters. The van der Waals surface area contributed by atoms with Crippen molar-refractivity contribution in [1.29, 1.82) is 0 Å². The monoisotopic (exact) mass is 173 g/mol. The topological polar surface area (TPSA) is 46.7 Å². The SMILES string of the molecule is Cc1cn2cc(N=C=O)ccc2n1. The van der Waals surface area contributed by atoms with Gasteiger partial charge in [0.15, 0.2) is 0 Å². The van der Waals surface area contributed by atoms with Crippen molar-refractivity contribution in [2.45, 2.75) is 6.92 Å². The molecule has 0 amide bonds. The molecular formula is C9H7N3O. The molecule has 0 bridgehead atoms. The van der Waals surface area contributed by atoms with Crippen molar-refractivity contribution in [2.75, 3.05) is 0 Å². The molecule has 0 saturated carbocycles. The first kappa shape index (κ1) is 7.71. The van der Waals surface area contributed by atoms with Gasteiger partial charge in [0, 0.05) is 12.4 Å². The molecule has 2 rings (SSSR count). The molecule has 2 aromatic heterocycles. The molecule has 0 aliphatic carbocycles. The first-order chi connectivity index (χ1) is 6.29. The number of pyridine rings is 1. The standard InChI is InChI=1S/C9H7N3O/c1-7-4-12-5-8(10-6-13)2-3-9(12)11-7/h2-5H,1H3. The first-order valence-electron chi connectivity index (χ1n) is 3.83. The maximum atomic E-state index is 10.00. The average molecular weight is 173 g/mol. The van der Waals surface area contributed by atoms with Gasteiger partial charge < -0.3 is 4.40 Å². The van der Waals surface area contributed by atoms with Crippen molar-refractivity contribution < 1.29 is 4.79 Å². The van der Waals surface area contributed by atoms with E-state index in [1.165, 1.54) is 6.08 Å². The molecule has 0 radical (unpaired) electrons. The fourth-order valence-corrected chi connectivity index (χ4v) is 1.23. The molecule has 0 N–H and O–H groups in total. The highest BCUT2D eigenvalue weighted by molar-refractivity contribution is 5.52. The molecule has 0 aliphatic rings. The maximum Gasteiger partial charge on any atom is 0.240 e. The van der Waals surface area contributed by atoms with Gasteiger partial charge in [0.25, 0.3) is 0 Å². The van der Waals surface area contributed by atoms with Crippen LogP contribution in [-0.2, 0) is 4.79 Å². The Bertz CT molecular complexity index is 495. The molecule has 0 aliphatic heterocycles. The van der Waals surface area contributed by atoms with Crippen molar-refractivity contribution in [1.82, 2.24) is 9.38 Å². The van der Waals surface area contributed by atoms with Crippen LogP contribution < -0.4 is 0 Å². The number of hydrogen-bond acceptors (Lipinski definition) is 3. The highest BCUT2D eigenvalue weighted by atomic mass is 16.1. The van der Waals surface area contributed by atoms with Crippen LogP contribution in [0.4, 0.5) is 5.69 Å². The summed E-state index contributed by atoms with van der Waals surface area (Å²) < 4.78 is 1.82. The van der Waals surface area contributed by atoms with Crippen LogP contribution >= 0.6 is 0 Å². The Hall–Kier alpha value is -1.93. The number of aliphatic imine (C=N–C) groups is 1. The Morgan fingerprint density at radius 1 is 1.46 bits per heavy atom.